The van der Waals surface area contributed by atoms with Crippen LogP contribution < -0.4 is 11.2 Å². The van der Waals surface area contributed by atoms with Gasteiger partial charge in [-0.25, -0.2) is 14.4 Å². The maximum absolute atomic E-state index is 11.9. The summed E-state index contributed by atoms with van der Waals surface area (Å²) in [4.78, 5) is 47.7. The number of carboxylic acid groups (broad SMARTS) is 2. The fourth-order valence-electron chi connectivity index (χ4n) is 2.65. The first-order valence-corrected chi connectivity index (χ1v) is 6.29. The van der Waals surface area contributed by atoms with E-state index in [-0.39, 0.29) is 51.4 Å². The Labute approximate surface area is 161 Å². The minimum absolute atomic E-state index is 0. The zero-order chi connectivity index (χ0) is 14.9. The molecule has 8 nitrogen and oxygen atoms in total. The number of H-pyrrole nitrogens is 1. The number of hydrogen-bond acceptors (Lipinski definition) is 4. The Kier molecular flexibility index (Phi) is 6.54. The number of aromatic carboxylic acids is 2. The van der Waals surface area contributed by atoms with Gasteiger partial charge in [0, 0.05) is 6.04 Å². The van der Waals surface area contributed by atoms with E-state index in [1.54, 1.807) is 0 Å². The molecule has 0 unspecified atom stereocenters. The molecule has 1 aliphatic carbocycles. The number of rotatable bonds is 3. The monoisotopic (exact) mass is 322 g/mol. The van der Waals surface area contributed by atoms with Crippen molar-refractivity contribution < 1.29 is 19.8 Å². The summed E-state index contributed by atoms with van der Waals surface area (Å²) in [5.74, 6) is -3.25. The normalized spacial score (nSPS) is 15.2. The zero-order valence-corrected chi connectivity index (χ0v) is 10.6. The molecule has 0 bridgehead atoms. The average Bonchev–Trinajstić information content (AvgIpc) is 2.38. The Morgan fingerprint density at radius 2 is 1.62 bits per heavy atom. The first-order valence-electron chi connectivity index (χ1n) is 6.29. The van der Waals surface area contributed by atoms with Gasteiger partial charge >= 0.3 is 69.0 Å². The van der Waals surface area contributed by atoms with Gasteiger partial charge in [-0.15, -0.1) is 0 Å². The van der Waals surface area contributed by atoms with E-state index in [0.29, 0.717) is 12.8 Å². The number of carbonyl (C=O) groups is 2. The van der Waals surface area contributed by atoms with Gasteiger partial charge in [-0.2, -0.15) is 0 Å². The number of carboxylic acids is 2. The molecule has 0 amide bonds. The van der Waals surface area contributed by atoms with Crippen molar-refractivity contribution in [1.29, 1.82) is 0 Å². The van der Waals surface area contributed by atoms with Crippen molar-refractivity contribution in [2.24, 2.45) is 0 Å². The predicted molar refractivity (Wildman–Crippen MR) is 74.5 cm³/mol. The molecule has 1 heterocycles. The van der Waals surface area contributed by atoms with Crippen molar-refractivity contribution in [3.63, 3.8) is 0 Å². The van der Waals surface area contributed by atoms with Crippen molar-refractivity contribution >= 4 is 63.3 Å². The molecule has 1 fully saturated rings. The second-order valence-corrected chi connectivity index (χ2v) is 4.76. The molecule has 21 heavy (non-hydrogen) atoms. The molecule has 1 aromatic heterocycles. The summed E-state index contributed by atoms with van der Waals surface area (Å²) in [6.07, 6.45) is 3.83. The SMILES string of the molecule is O=C(O)c1c(C(=O)O)n(C2CCCCC2)c(=O)[nH]c1=O.[KH]. The van der Waals surface area contributed by atoms with Gasteiger partial charge < -0.3 is 10.2 Å². The Morgan fingerprint density at radius 1 is 1.05 bits per heavy atom. The van der Waals surface area contributed by atoms with Crippen molar-refractivity contribution in [3.05, 3.63) is 32.1 Å². The summed E-state index contributed by atoms with van der Waals surface area (Å²) in [5, 5.41) is 18.2. The van der Waals surface area contributed by atoms with E-state index >= 15 is 0 Å². The van der Waals surface area contributed by atoms with Crippen LogP contribution in [0.4, 0.5) is 0 Å². The van der Waals surface area contributed by atoms with Gasteiger partial charge in [-0.3, -0.25) is 14.3 Å². The van der Waals surface area contributed by atoms with Crippen molar-refractivity contribution in [2.45, 2.75) is 38.1 Å². The van der Waals surface area contributed by atoms with E-state index in [9.17, 15) is 24.3 Å². The predicted octanol–water partition coefficient (Wildman–Crippen LogP) is -0.210. The van der Waals surface area contributed by atoms with Crippen LogP contribution in [0.1, 0.15) is 59.0 Å². The van der Waals surface area contributed by atoms with Gasteiger partial charge in [0.2, 0.25) is 0 Å². The quantitative estimate of drug-likeness (QED) is 0.660. The van der Waals surface area contributed by atoms with Crippen molar-refractivity contribution in [2.75, 3.05) is 0 Å². The maximum atomic E-state index is 11.9. The van der Waals surface area contributed by atoms with Crippen molar-refractivity contribution in [1.82, 2.24) is 9.55 Å². The molecule has 9 heteroatoms. The second kappa shape index (κ2) is 7.50. The van der Waals surface area contributed by atoms with Gasteiger partial charge in [-0.05, 0) is 12.8 Å². The second-order valence-electron chi connectivity index (χ2n) is 4.76. The fraction of sp³-hybridized carbons (Fsp3) is 0.500. The third kappa shape index (κ3) is 3.72. The number of aromatic amines is 1. The number of nitrogens with zero attached hydrogens (tertiary/aromatic N) is 1. The van der Waals surface area contributed by atoms with Gasteiger partial charge in [-0.1, -0.05) is 19.3 Å². The standard InChI is InChI=1S/C12H14N2O6.K.H/c15-9-7(10(16)17)8(11(18)19)14(12(20)13-9)6-4-2-1-3-5-6;;/h6H,1-5H2,(H,16,17)(H,18,19)(H,13,15,20);;. The van der Waals surface area contributed by atoms with Crippen LogP contribution in [0.5, 0.6) is 0 Å². The molecular formula is C12H15KN2O6. The van der Waals surface area contributed by atoms with E-state index in [2.05, 4.69) is 0 Å². The summed E-state index contributed by atoms with van der Waals surface area (Å²) in [7, 11) is 0. The number of aromatic nitrogens is 2. The molecule has 0 atom stereocenters. The molecule has 0 saturated heterocycles. The van der Waals surface area contributed by atoms with Crippen LogP contribution in [0.2, 0.25) is 0 Å². The fourth-order valence-corrected chi connectivity index (χ4v) is 2.65. The van der Waals surface area contributed by atoms with E-state index < -0.39 is 40.5 Å². The summed E-state index contributed by atoms with van der Waals surface area (Å²) < 4.78 is 0.909. The number of hydrogen-bond donors (Lipinski definition) is 3. The van der Waals surface area contributed by atoms with Crippen LogP contribution in [0.3, 0.4) is 0 Å². The first kappa shape index (κ1) is 18.3. The molecule has 0 aliphatic heterocycles. The summed E-state index contributed by atoms with van der Waals surface area (Å²) in [5.41, 5.74) is -3.70. The van der Waals surface area contributed by atoms with Gasteiger partial charge in [0.25, 0.3) is 5.56 Å². The molecule has 3 N–H and O–H groups in total. The van der Waals surface area contributed by atoms with E-state index in [1.807, 2.05) is 4.98 Å². The van der Waals surface area contributed by atoms with E-state index in [4.69, 9.17) is 5.11 Å². The van der Waals surface area contributed by atoms with Crippen LogP contribution >= 0.6 is 0 Å². The van der Waals surface area contributed by atoms with Crippen LogP contribution in [-0.2, 0) is 0 Å². The molecule has 2 rings (SSSR count). The van der Waals surface area contributed by atoms with Crippen LogP contribution in [0.25, 0.3) is 0 Å². The molecule has 1 aliphatic rings. The van der Waals surface area contributed by atoms with E-state index in [1.165, 1.54) is 0 Å². The minimum atomic E-state index is -1.66. The van der Waals surface area contributed by atoms with Crippen molar-refractivity contribution in [3.8, 4) is 0 Å². The number of nitrogens with one attached hydrogen (secondary N) is 1. The van der Waals surface area contributed by atoms with Crippen LogP contribution in [0, 0.1) is 0 Å². The van der Waals surface area contributed by atoms with Gasteiger partial charge in [0.1, 0.15) is 0 Å². The third-order valence-corrected chi connectivity index (χ3v) is 3.50. The first-order chi connectivity index (χ1) is 9.43. The summed E-state index contributed by atoms with van der Waals surface area (Å²) >= 11 is 0. The Balaban J connectivity index is 0.00000220. The Hall–Kier alpha value is -0.744. The topological polar surface area (TPSA) is 129 Å². The van der Waals surface area contributed by atoms with Crippen LogP contribution in [0.15, 0.2) is 9.59 Å². The molecular weight excluding hydrogens is 307 g/mol. The third-order valence-electron chi connectivity index (χ3n) is 3.50. The molecule has 1 saturated carbocycles. The zero-order valence-electron chi connectivity index (χ0n) is 10.6. The average molecular weight is 322 g/mol. The summed E-state index contributed by atoms with van der Waals surface area (Å²) in [6, 6.07) is -0.391. The van der Waals surface area contributed by atoms with E-state index in [0.717, 1.165) is 23.8 Å². The molecule has 0 aromatic carbocycles. The molecule has 0 spiro atoms. The molecule has 1 aromatic rings. The van der Waals surface area contributed by atoms with Gasteiger partial charge in [0.05, 0.1) is 0 Å². The van der Waals surface area contributed by atoms with Crippen LogP contribution in [-0.4, -0.2) is 83.1 Å². The van der Waals surface area contributed by atoms with Gasteiger partial charge in [0.15, 0.2) is 11.3 Å². The Bertz CT molecular complexity index is 671. The molecule has 0 radical (unpaired) electrons. The Morgan fingerprint density at radius 3 is 2.10 bits per heavy atom. The summed E-state index contributed by atoms with van der Waals surface area (Å²) in [6.45, 7) is 0. The molecule has 110 valence electrons.